The molecule has 0 radical (unpaired) electrons. The molecule has 1 heterocycles. The van der Waals surface area contributed by atoms with Crippen LogP contribution in [0.4, 0.5) is 5.69 Å². The molecule has 1 unspecified atom stereocenters. The number of carbonyl (C=O) groups is 3. The summed E-state index contributed by atoms with van der Waals surface area (Å²) in [5, 5.41) is 9.46. The van der Waals surface area contributed by atoms with Crippen LogP contribution in [0.15, 0.2) is 16.6 Å². The quantitative estimate of drug-likeness (QED) is 0.854. The summed E-state index contributed by atoms with van der Waals surface area (Å²) in [7, 11) is 0. The van der Waals surface area contributed by atoms with Gasteiger partial charge in [-0.2, -0.15) is 0 Å². The molecule has 0 aromatic heterocycles. The van der Waals surface area contributed by atoms with Crippen molar-refractivity contribution >= 4 is 51.0 Å². The molecular formula is C12H10BrClN2O4. The summed E-state index contributed by atoms with van der Waals surface area (Å²) in [6.45, 7) is 0.0642. The zero-order chi connectivity index (χ0) is 15.0. The van der Waals surface area contributed by atoms with Gasteiger partial charge in [0.15, 0.2) is 0 Å². The third-order valence-electron chi connectivity index (χ3n) is 3.06. The van der Waals surface area contributed by atoms with Gasteiger partial charge in [-0.15, -0.1) is 0 Å². The molecule has 0 bridgehead atoms. The van der Waals surface area contributed by atoms with Crippen molar-refractivity contribution in [2.75, 3.05) is 11.4 Å². The number of halogens is 2. The van der Waals surface area contributed by atoms with E-state index in [2.05, 4.69) is 15.9 Å². The van der Waals surface area contributed by atoms with E-state index in [-0.39, 0.29) is 35.1 Å². The van der Waals surface area contributed by atoms with E-state index >= 15 is 0 Å². The molecule has 1 aromatic rings. The first-order chi connectivity index (χ1) is 9.31. The molecule has 2 amide bonds. The maximum absolute atomic E-state index is 12.0. The minimum atomic E-state index is -1.21. The van der Waals surface area contributed by atoms with Crippen LogP contribution in [0.2, 0.25) is 5.02 Å². The number of carboxylic acids is 1. The van der Waals surface area contributed by atoms with Gasteiger partial charge < -0.3 is 15.7 Å². The summed E-state index contributed by atoms with van der Waals surface area (Å²) in [4.78, 5) is 35.7. The number of amides is 2. The predicted octanol–water partition coefficient (Wildman–Crippen LogP) is 1.64. The van der Waals surface area contributed by atoms with E-state index in [1.165, 1.54) is 17.0 Å². The number of carboxylic acid groups (broad SMARTS) is 1. The molecule has 3 N–H and O–H groups in total. The lowest BCUT2D eigenvalue weighted by molar-refractivity contribution is -0.123. The lowest BCUT2D eigenvalue weighted by atomic mass is 10.1. The SMILES string of the molecule is NC(=O)C1CC(=O)N(c2c(Br)cc(Cl)cc2C(=O)O)C1. The molecular weight excluding hydrogens is 351 g/mol. The predicted molar refractivity (Wildman–Crippen MR) is 75.8 cm³/mol. The molecule has 106 valence electrons. The second kappa shape index (κ2) is 5.41. The van der Waals surface area contributed by atoms with Crippen LogP contribution in [0.5, 0.6) is 0 Å². The number of rotatable bonds is 3. The van der Waals surface area contributed by atoms with Crippen LogP contribution < -0.4 is 10.6 Å². The summed E-state index contributed by atoms with van der Waals surface area (Å²) in [6.07, 6.45) is -0.0243. The Bertz CT molecular complexity index is 620. The number of aromatic carboxylic acids is 1. The van der Waals surface area contributed by atoms with E-state index in [0.29, 0.717) is 4.47 Å². The smallest absolute Gasteiger partial charge is 0.337 e. The molecule has 1 fully saturated rings. The third kappa shape index (κ3) is 2.64. The Balaban J connectivity index is 2.50. The second-order valence-corrected chi connectivity index (χ2v) is 5.69. The highest BCUT2D eigenvalue weighted by molar-refractivity contribution is 9.10. The van der Waals surface area contributed by atoms with Gasteiger partial charge in [-0.1, -0.05) is 11.6 Å². The van der Waals surface area contributed by atoms with Gasteiger partial charge >= 0.3 is 5.97 Å². The van der Waals surface area contributed by atoms with Crippen LogP contribution >= 0.6 is 27.5 Å². The molecule has 1 aromatic carbocycles. The van der Waals surface area contributed by atoms with Gasteiger partial charge in [0.05, 0.1) is 17.2 Å². The van der Waals surface area contributed by atoms with Crippen molar-refractivity contribution in [3.8, 4) is 0 Å². The fraction of sp³-hybridized carbons (Fsp3) is 0.250. The van der Waals surface area contributed by atoms with Crippen molar-refractivity contribution < 1.29 is 19.5 Å². The van der Waals surface area contributed by atoms with Gasteiger partial charge in [0.25, 0.3) is 0 Å². The highest BCUT2D eigenvalue weighted by Crippen LogP contribution is 2.37. The number of primary amides is 1. The van der Waals surface area contributed by atoms with Crippen molar-refractivity contribution in [1.29, 1.82) is 0 Å². The lowest BCUT2D eigenvalue weighted by Gasteiger charge is -2.20. The zero-order valence-corrected chi connectivity index (χ0v) is 12.4. The Morgan fingerprint density at radius 2 is 2.10 bits per heavy atom. The lowest BCUT2D eigenvalue weighted by Crippen LogP contribution is -2.29. The first-order valence-corrected chi connectivity index (χ1v) is 6.80. The fourth-order valence-electron chi connectivity index (χ4n) is 2.12. The third-order valence-corrected chi connectivity index (χ3v) is 3.88. The first kappa shape index (κ1) is 14.8. The molecule has 1 atom stereocenters. The Morgan fingerprint density at radius 1 is 1.45 bits per heavy atom. The highest BCUT2D eigenvalue weighted by atomic mass is 79.9. The molecule has 1 aliphatic heterocycles. The van der Waals surface area contributed by atoms with Crippen molar-refractivity contribution in [2.45, 2.75) is 6.42 Å². The number of hydrogen-bond donors (Lipinski definition) is 2. The topological polar surface area (TPSA) is 101 Å². The normalized spacial score (nSPS) is 18.4. The first-order valence-electron chi connectivity index (χ1n) is 5.63. The van der Waals surface area contributed by atoms with Crippen molar-refractivity contribution in [2.24, 2.45) is 11.7 Å². The number of hydrogen-bond acceptors (Lipinski definition) is 3. The summed E-state index contributed by atoms with van der Waals surface area (Å²) in [6, 6.07) is 2.75. The number of nitrogens with zero attached hydrogens (tertiary/aromatic N) is 1. The minimum absolute atomic E-state index is 0.0243. The van der Waals surface area contributed by atoms with E-state index in [9.17, 15) is 19.5 Å². The van der Waals surface area contributed by atoms with E-state index in [4.69, 9.17) is 17.3 Å². The van der Waals surface area contributed by atoms with Gasteiger partial charge in [-0.05, 0) is 28.1 Å². The van der Waals surface area contributed by atoms with Crippen LogP contribution in [0.3, 0.4) is 0 Å². The van der Waals surface area contributed by atoms with Gasteiger partial charge in [0, 0.05) is 22.5 Å². The maximum atomic E-state index is 12.0. The highest BCUT2D eigenvalue weighted by Gasteiger charge is 2.36. The molecule has 2 rings (SSSR count). The van der Waals surface area contributed by atoms with E-state index < -0.39 is 17.8 Å². The van der Waals surface area contributed by atoms with Gasteiger partial charge in [-0.25, -0.2) is 4.79 Å². The largest absolute Gasteiger partial charge is 0.478 e. The van der Waals surface area contributed by atoms with Crippen LogP contribution in [-0.4, -0.2) is 29.4 Å². The monoisotopic (exact) mass is 360 g/mol. The standard InChI is InChI=1S/C12H10BrClN2O4/c13-8-3-6(14)2-7(12(19)20)10(8)16-4-5(11(15)18)1-9(16)17/h2-3,5H,1,4H2,(H2,15,18)(H,19,20). The summed E-state index contributed by atoms with van der Waals surface area (Å²) in [5.41, 5.74) is 5.28. The number of benzene rings is 1. The molecule has 0 saturated carbocycles. The number of nitrogens with two attached hydrogens (primary N) is 1. The molecule has 0 spiro atoms. The van der Waals surface area contributed by atoms with Crippen LogP contribution in [0.1, 0.15) is 16.8 Å². The van der Waals surface area contributed by atoms with Gasteiger partial charge in [-0.3, -0.25) is 9.59 Å². The molecule has 8 heteroatoms. The van der Waals surface area contributed by atoms with Crippen molar-refractivity contribution in [3.63, 3.8) is 0 Å². The summed E-state index contributed by atoms with van der Waals surface area (Å²) < 4.78 is 0.376. The van der Waals surface area contributed by atoms with Gasteiger partial charge in [0.1, 0.15) is 0 Å². The number of carbonyl (C=O) groups excluding carboxylic acids is 2. The fourth-order valence-corrected chi connectivity index (χ4v) is 3.14. The van der Waals surface area contributed by atoms with E-state index in [1.807, 2.05) is 0 Å². The second-order valence-electron chi connectivity index (χ2n) is 4.40. The van der Waals surface area contributed by atoms with Crippen molar-refractivity contribution in [1.82, 2.24) is 0 Å². The molecule has 20 heavy (non-hydrogen) atoms. The molecule has 6 nitrogen and oxygen atoms in total. The van der Waals surface area contributed by atoms with E-state index in [0.717, 1.165) is 0 Å². The van der Waals surface area contributed by atoms with Crippen LogP contribution in [0.25, 0.3) is 0 Å². The number of anilines is 1. The molecule has 0 aliphatic carbocycles. The summed E-state index contributed by atoms with van der Waals surface area (Å²) >= 11 is 9.02. The molecule has 1 saturated heterocycles. The zero-order valence-electron chi connectivity index (χ0n) is 10.1. The Labute approximate surface area is 127 Å². The Morgan fingerprint density at radius 3 is 2.60 bits per heavy atom. The average Bonchev–Trinajstić information content (AvgIpc) is 2.70. The minimum Gasteiger partial charge on any atom is -0.478 e. The summed E-state index contributed by atoms with van der Waals surface area (Å²) in [5.74, 6) is -2.76. The maximum Gasteiger partial charge on any atom is 0.337 e. The van der Waals surface area contributed by atoms with E-state index in [1.54, 1.807) is 0 Å². The Hall–Kier alpha value is -1.60. The average molecular weight is 362 g/mol. The Kier molecular flexibility index (Phi) is 4.01. The van der Waals surface area contributed by atoms with Crippen LogP contribution in [0, 0.1) is 5.92 Å². The van der Waals surface area contributed by atoms with Crippen LogP contribution in [-0.2, 0) is 9.59 Å². The van der Waals surface area contributed by atoms with Gasteiger partial charge in [0.2, 0.25) is 11.8 Å². The molecule has 1 aliphatic rings. The van der Waals surface area contributed by atoms with Crippen molar-refractivity contribution in [3.05, 3.63) is 27.2 Å².